The molecule has 0 aromatic carbocycles. The van der Waals surface area contributed by atoms with Crippen molar-refractivity contribution in [3.8, 4) is 0 Å². The second kappa shape index (κ2) is 13.7. The number of methoxy groups -OCH3 is 1. The van der Waals surface area contributed by atoms with Gasteiger partial charge in [0.05, 0.1) is 39.6 Å². The highest BCUT2D eigenvalue weighted by Gasteiger charge is 2.02. The van der Waals surface area contributed by atoms with Gasteiger partial charge in [0.15, 0.2) is 0 Å². The molecule has 0 bridgehead atoms. The third-order valence-electron chi connectivity index (χ3n) is 2.12. The summed E-state index contributed by atoms with van der Waals surface area (Å²) in [4.78, 5) is 11.3. The second-order valence-electron chi connectivity index (χ2n) is 4.46. The van der Waals surface area contributed by atoms with E-state index in [-0.39, 0.29) is 19.1 Å². The van der Waals surface area contributed by atoms with E-state index in [9.17, 15) is 4.79 Å². The van der Waals surface area contributed by atoms with Crippen LogP contribution in [0.1, 0.15) is 13.8 Å². The molecule has 0 radical (unpaired) electrons. The maximum Gasteiger partial charge on any atom is 0.320 e. The summed E-state index contributed by atoms with van der Waals surface area (Å²) in [5.41, 5.74) is 0. The molecule has 0 atom stereocenters. The molecule has 0 aliphatic rings. The number of esters is 1. The topological polar surface area (TPSA) is 66.0 Å². The minimum atomic E-state index is -0.249. The van der Waals surface area contributed by atoms with Crippen molar-refractivity contribution >= 4 is 5.97 Å². The number of ether oxygens (including phenoxy) is 4. The highest BCUT2D eigenvalue weighted by atomic mass is 16.6. The molecule has 0 amide bonds. The van der Waals surface area contributed by atoms with Crippen molar-refractivity contribution in [2.75, 3.05) is 59.8 Å². The van der Waals surface area contributed by atoms with Crippen LogP contribution in [0.4, 0.5) is 0 Å². The molecule has 0 saturated heterocycles. The smallest absolute Gasteiger partial charge is 0.320 e. The first-order valence-electron chi connectivity index (χ1n) is 6.67. The predicted octanol–water partition coefficient (Wildman–Crippen LogP) is 0.455. The fourth-order valence-corrected chi connectivity index (χ4v) is 1.19. The molecule has 19 heavy (non-hydrogen) atoms. The fraction of sp³-hybridized carbons (Fsp3) is 0.923. The third-order valence-corrected chi connectivity index (χ3v) is 2.12. The van der Waals surface area contributed by atoms with Gasteiger partial charge in [-0.25, -0.2) is 0 Å². The van der Waals surface area contributed by atoms with Gasteiger partial charge in [-0.05, 0) is 12.5 Å². The molecule has 1 N–H and O–H groups in total. The number of rotatable bonds is 13. The van der Waals surface area contributed by atoms with Crippen LogP contribution in [0.15, 0.2) is 0 Å². The Morgan fingerprint density at radius 3 is 2.16 bits per heavy atom. The first-order valence-corrected chi connectivity index (χ1v) is 6.67. The summed E-state index contributed by atoms with van der Waals surface area (Å²) in [6, 6.07) is 0. The molecule has 114 valence electrons. The number of hydrogen-bond acceptors (Lipinski definition) is 6. The number of hydrogen-bond donors (Lipinski definition) is 1. The summed E-state index contributed by atoms with van der Waals surface area (Å²) >= 11 is 0. The van der Waals surface area contributed by atoms with Crippen molar-refractivity contribution < 1.29 is 23.7 Å². The van der Waals surface area contributed by atoms with Crippen LogP contribution in [0.5, 0.6) is 0 Å². The lowest BCUT2D eigenvalue weighted by atomic mass is 10.2. The van der Waals surface area contributed by atoms with Crippen molar-refractivity contribution in [2.45, 2.75) is 13.8 Å². The van der Waals surface area contributed by atoms with Crippen LogP contribution in [0.25, 0.3) is 0 Å². The molecule has 0 saturated carbocycles. The molecule has 0 unspecified atom stereocenters. The molecule has 6 heteroatoms. The van der Waals surface area contributed by atoms with Crippen LogP contribution in [-0.4, -0.2) is 65.8 Å². The fourth-order valence-electron chi connectivity index (χ4n) is 1.19. The highest BCUT2D eigenvalue weighted by Crippen LogP contribution is 1.87. The summed E-state index contributed by atoms with van der Waals surface area (Å²) in [5.74, 6) is 0.273. The number of carbonyl (C=O) groups is 1. The van der Waals surface area contributed by atoms with E-state index in [1.54, 1.807) is 7.11 Å². The Labute approximate surface area is 115 Å². The molecule has 0 spiro atoms. The second-order valence-corrected chi connectivity index (χ2v) is 4.46. The summed E-state index contributed by atoms with van der Waals surface area (Å²) in [7, 11) is 1.63. The van der Waals surface area contributed by atoms with E-state index in [0.29, 0.717) is 39.0 Å². The molecule has 0 aromatic heterocycles. The van der Waals surface area contributed by atoms with E-state index >= 15 is 0 Å². The van der Waals surface area contributed by atoms with Gasteiger partial charge in [0.1, 0.15) is 6.61 Å². The molecule has 0 aliphatic carbocycles. The quantitative estimate of drug-likeness (QED) is 0.389. The van der Waals surface area contributed by atoms with Gasteiger partial charge in [0.25, 0.3) is 0 Å². The normalized spacial score (nSPS) is 10.9. The molecule has 0 fully saturated rings. The highest BCUT2D eigenvalue weighted by molar-refractivity contribution is 5.71. The van der Waals surface area contributed by atoms with E-state index in [4.69, 9.17) is 18.9 Å². The SMILES string of the molecule is COCCOCCOCCOC(=O)CNCC(C)C. The van der Waals surface area contributed by atoms with Gasteiger partial charge in [0.2, 0.25) is 0 Å². The molecule has 0 rings (SSSR count). The lowest BCUT2D eigenvalue weighted by Gasteiger charge is -2.08. The molecule has 0 aromatic rings. The molecule has 0 aliphatic heterocycles. The maximum absolute atomic E-state index is 11.3. The van der Waals surface area contributed by atoms with Crippen LogP contribution < -0.4 is 5.32 Å². The summed E-state index contributed by atoms with van der Waals surface area (Å²) < 4.78 is 20.3. The van der Waals surface area contributed by atoms with Crippen LogP contribution >= 0.6 is 0 Å². The number of carbonyl (C=O) groups excluding carboxylic acids is 1. The van der Waals surface area contributed by atoms with Crippen LogP contribution in [0, 0.1) is 5.92 Å². The first-order chi connectivity index (χ1) is 9.16. The predicted molar refractivity (Wildman–Crippen MR) is 72.2 cm³/mol. The Balaban J connectivity index is 3.14. The van der Waals surface area contributed by atoms with Gasteiger partial charge >= 0.3 is 5.97 Å². The average Bonchev–Trinajstić information content (AvgIpc) is 2.36. The van der Waals surface area contributed by atoms with Gasteiger partial charge in [-0.1, -0.05) is 13.8 Å². The summed E-state index contributed by atoms with van der Waals surface area (Å²) in [5, 5.41) is 3.02. The minimum absolute atomic E-state index is 0.248. The zero-order chi connectivity index (χ0) is 14.3. The van der Waals surface area contributed by atoms with Crippen molar-refractivity contribution in [3.63, 3.8) is 0 Å². The van der Waals surface area contributed by atoms with Crippen molar-refractivity contribution in [1.29, 1.82) is 0 Å². The molecule has 0 heterocycles. The largest absolute Gasteiger partial charge is 0.462 e. The Hall–Kier alpha value is -0.690. The van der Waals surface area contributed by atoms with E-state index in [0.717, 1.165) is 6.54 Å². The lowest BCUT2D eigenvalue weighted by molar-refractivity contribution is -0.144. The third kappa shape index (κ3) is 15.3. The van der Waals surface area contributed by atoms with Crippen molar-refractivity contribution in [3.05, 3.63) is 0 Å². The van der Waals surface area contributed by atoms with E-state index in [1.807, 2.05) is 0 Å². The van der Waals surface area contributed by atoms with Crippen molar-refractivity contribution in [1.82, 2.24) is 5.32 Å². The maximum atomic E-state index is 11.3. The molecular formula is C13H27NO5. The molecule has 6 nitrogen and oxygen atoms in total. The van der Waals surface area contributed by atoms with E-state index in [2.05, 4.69) is 19.2 Å². The minimum Gasteiger partial charge on any atom is -0.462 e. The van der Waals surface area contributed by atoms with Gasteiger partial charge in [-0.2, -0.15) is 0 Å². The molecular weight excluding hydrogens is 250 g/mol. The summed E-state index contributed by atoms with van der Waals surface area (Å²) in [6.07, 6.45) is 0. The van der Waals surface area contributed by atoms with Crippen molar-refractivity contribution in [2.24, 2.45) is 5.92 Å². The van der Waals surface area contributed by atoms with Gasteiger partial charge < -0.3 is 24.3 Å². The Kier molecular flexibility index (Phi) is 13.2. The van der Waals surface area contributed by atoms with Crippen LogP contribution in [0.3, 0.4) is 0 Å². The summed E-state index contributed by atoms with van der Waals surface area (Å²) in [6.45, 7) is 8.06. The number of nitrogens with one attached hydrogen (secondary N) is 1. The van der Waals surface area contributed by atoms with Gasteiger partial charge in [-0.15, -0.1) is 0 Å². The Morgan fingerprint density at radius 1 is 1.00 bits per heavy atom. The Morgan fingerprint density at radius 2 is 1.58 bits per heavy atom. The average molecular weight is 277 g/mol. The van der Waals surface area contributed by atoms with E-state index in [1.165, 1.54) is 0 Å². The zero-order valence-electron chi connectivity index (χ0n) is 12.3. The van der Waals surface area contributed by atoms with Crippen LogP contribution in [0.2, 0.25) is 0 Å². The standard InChI is InChI=1S/C13H27NO5/c1-12(2)10-14-11-13(15)19-9-8-18-7-6-17-5-4-16-3/h12,14H,4-11H2,1-3H3. The zero-order valence-corrected chi connectivity index (χ0v) is 12.3. The monoisotopic (exact) mass is 277 g/mol. The Bertz CT molecular complexity index is 211. The van der Waals surface area contributed by atoms with Crippen LogP contribution in [-0.2, 0) is 23.7 Å². The van der Waals surface area contributed by atoms with Gasteiger partial charge in [-0.3, -0.25) is 4.79 Å². The first kappa shape index (κ1) is 18.3. The van der Waals surface area contributed by atoms with Gasteiger partial charge in [0, 0.05) is 7.11 Å². The lowest BCUT2D eigenvalue weighted by Crippen LogP contribution is -2.28. The van der Waals surface area contributed by atoms with E-state index < -0.39 is 0 Å².